The fourth-order valence-electron chi connectivity index (χ4n) is 3.23. The summed E-state index contributed by atoms with van der Waals surface area (Å²) in [6, 6.07) is 22.9. The Balaban J connectivity index is 1.60. The van der Waals surface area contributed by atoms with Gasteiger partial charge in [0.05, 0.1) is 17.3 Å². The quantitative estimate of drug-likeness (QED) is 0.217. The maximum Gasteiger partial charge on any atom is 0.269 e. The molecule has 1 atom stereocenters. The van der Waals surface area contributed by atoms with Crippen LogP contribution in [0.3, 0.4) is 0 Å². The van der Waals surface area contributed by atoms with Crippen molar-refractivity contribution in [3.05, 3.63) is 89.0 Å². The summed E-state index contributed by atoms with van der Waals surface area (Å²) in [7, 11) is 1.60. The number of aromatic nitrogens is 3. The first-order chi connectivity index (χ1) is 16.5. The van der Waals surface area contributed by atoms with Crippen molar-refractivity contribution in [1.29, 1.82) is 0 Å². The molecule has 0 radical (unpaired) electrons. The van der Waals surface area contributed by atoms with Crippen LogP contribution in [0, 0.1) is 10.1 Å². The third-order valence-electron chi connectivity index (χ3n) is 4.97. The molecule has 4 aromatic rings. The van der Waals surface area contributed by atoms with Crippen molar-refractivity contribution in [1.82, 2.24) is 14.8 Å². The molecule has 0 saturated heterocycles. The summed E-state index contributed by atoms with van der Waals surface area (Å²) in [6.07, 6.45) is 0. The zero-order chi connectivity index (χ0) is 24.1. The number of benzene rings is 3. The Morgan fingerprint density at radius 3 is 2.47 bits per heavy atom. The smallest absolute Gasteiger partial charge is 0.269 e. The van der Waals surface area contributed by atoms with Crippen LogP contribution in [0.5, 0.6) is 5.75 Å². The van der Waals surface area contributed by atoms with Gasteiger partial charge >= 0.3 is 0 Å². The lowest BCUT2D eigenvalue weighted by Gasteiger charge is -2.14. The third-order valence-corrected chi connectivity index (χ3v) is 6.02. The first-order valence-corrected chi connectivity index (χ1v) is 11.2. The number of thioether (sulfide) groups is 1. The van der Waals surface area contributed by atoms with E-state index in [1.165, 1.54) is 36.0 Å². The molecule has 0 saturated carbocycles. The van der Waals surface area contributed by atoms with Crippen LogP contribution in [0.1, 0.15) is 6.92 Å². The lowest BCUT2D eigenvalue weighted by Crippen LogP contribution is -2.22. The van der Waals surface area contributed by atoms with Gasteiger partial charge in [-0.3, -0.25) is 19.5 Å². The number of nitro benzene ring substituents is 1. The lowest BCUT2D eigenvalue weighted by molar-refractivity contribution is -0.384. The maximum absolute atomic E-state index is 12.8. The molecule has 9 nitrogen and oxygen atoms in total. The number of hydrogen-bond donors (Lipinski definition) is 1. The van der Waals surface area contributed by atoms with Crippen molar-refractivity contribution in [2.45, 2.75) is 17.3 Å². The second-order valence-corrected chi connectivity index (χ2v) is 8.57. The monoisotopic (exact) mass is 475 g/mol. The highest BCUT2D eigenvalue weighted by Crippen LogP contribution is 2.31. The number of methoxy groups -OCH3 is 1. The molecular formula is C24H21N5O4S. The summed E-state index contributed by atoms with van der Waals surface area (Å²) in [4.78, 5) is 23.1. The Morgan fingerprint density at radius 1 is 1.06 bits per heavy atom. The summed E-state index contributed by atoms with van der Waals surface area (Å²) >= 11 is 1.26. The molecule has 1 amide bonds. The van der Waals surface area contributed by atoms with Crippen molar-refractivity contribution in [2.24, 2.45) is 0 Å². The molecule has 4 rings (SSSR count). The van der Waals surface area contributed by atoms with Gasteiger partial charge in [0.25, 0.3) is 5.69 Å². The molecule has 3 aromatic carbocycles. The van der Waals surface area contributed by atoms with Crippen LogP contribution in [0.25, 0.3) is 17.1 Å². The van der Waals surface area contributed by atoms with Gasteiger partial charge in [-0.1, -0.05) is 42.1 Å². The topological polar surface area (TPSA) is 112 Å². The van der Waals surface area contributed by atoms with Crippen LogP contribution in [-0.4, -0.2) is 38.0 Å². The molecule has 0 bridgehead atoms. The summed E-state index contributed by atoms with van der Waals surface area (Å²) in [5, 5.41) is 22.4. The first-order valence-electron chi connectivity index (χ1n) is 10.3. The van der Waals surface area contributed by atoms with Gasteiger partial charge in [-0.2, -0.15) is 0 Å². The van der Waals surface area contributed by atoms with Gasteiger partial charge in [0.2, 0.25) is 5.91 Å². The van der Waals surface area contributed by atoms with Crippen LogP contribution < -0.4 is 10.1 Å². The predicted molar refractivity (Wildman–Crippen MR) is 130 cm³/mol. The SMILES string of the molecule is COc1cccc(-c2nnc(SC(C)C(=O)Nc3ccc([N+](=O)[O-])cc3)n2-c2ccccc2)c1. The molecule has 1 aromatic heterocycles. The minimum Gasteiger partial charge on any atom is -0.497 e. The number of hydrogen-bond acceptors (Lipinski definition) is 7. The fourth-order valence-corrected chi connectivity index (χ4v) is 4.09. The van der Waals surface area contributed by atoms with Crippen LogP contribution in [0.4, 0.5) is 11.4 Å². The minimum atomic E-state index is -0.514. The van der Waals surface area contributed by atoms with E-state index in [9.17, 15) is 14.9 Å². The molecule has 0 aliphatic rings. The first kappa shape index (κ1) is 23.0. The molecule has 1 unspecified atom stereocenters. The average molecular weight is 476 g/mol. The predicted octanol–water partition coefficient (Wildman–Crippen LogP) is 4.97. The second kappa shape index (κ2) is 10.2. The number of ether oxygens (including phenoxy) is 1. The van der Waals surface area contributed by atoms with E-state index in [0.29, 0.717) is 22.4 Å². The number of nitro groups is 1. The second-order valence-electron chi connectivity index (χ2n) is 7.26. The molecule has 1 heterocycles. The van der Waals surface area contributed by atoms with E-state index in [-0.39, 0.29) is 11.6 Å². The van der Waals surface area contributed by atoms with Crippen LogP contribution in [0.15, 0.2) is 84.0 Å². The number of nitrogens with zero attached hydrogens (tertiary/aromatic N) is 4. The van der Waals surface area contributed by atoms with Gasteiger partial charge in [-0.15, -0.1) is 10.2 Å². The number of nitrogens with one attached hydrogen (secondary N) is 1. The molecule has 172 valence electrons. The maximum atomic E-state index is 12.8. The van der Waals surface area contributed by atoms with Gasteiger partial charge in [0.1, 0.15) is 5.75 Å². The van der Waals surface area contributed by atoms with Gasteiger partial charge in [-0.25, -0.2) is 0 Å². The third kappa shape index (κ3) is 5.07. The Kier molecular flexibility index (Phi) is 6.88. The van der Waals surface area contributed by atoms with Crippen molar-refractivity contribution >= 4 is 29.0 Å². The zero-order valence-corrected chi connectivity index (χ0v) is 19.2. The van der Waals surface area contributed by atoms with Crippen molar-refractivity contribution in [3.8, 4) is 22.8 Å². The molecule has 0 aliphatic heterocycles. The van der Waals surface area contributed by atoms with Gasteiger partial charge in [-0.05, 0) is 43.3 Å². The van der Waals surface area contributed by atoms with Crippen molar-refractivity contribution in [2.75, 3.05) is 12.4 Å². The molecule has 10 heteroatoms. The molecule has 0 spiro atoms. The summed E-state index contributed by atoms with van der Waals surface area (Å²) in [5.41, 5.74) is 2.12. The number of amides is 1. The van der Waals surface area contributed by atoms with E-state index in [0.717, 1.165) is 11.3 Å². The summed E-state index contributed by atoms with van der Waals surface area (Å²) < 4.78 is 7.25. The fraction of sp³-hybridized carbons (Fsp3) is 0.125. The van der Waals surface area contributed by atoms with E-state index < -0.39 is 10.2 Å². The Bertz CT molecular complexity index is 1310. The average Bonchev–Trinajstić information content (AvgIpc) is 3.28. The molecule has 34 heavy (non-hydrogen) atoms. The van der Waals surface area contributed by atoms with Gasteiger partial charge < -0.3 is 10.1 Å². The van der Waals surface area contributed by atoms with E-state index >= 15 is 0 Å². The van der Waals surface area contributed by atoms with E-state index in [4.69, 9.17) is 4.74 Å². The standard InChI is InChI=1S/C24H21N5O4S/c1-16(23(30)25-18-11-13-20(14-12-18)29(31)32)34-24-27-26-22(17-7-6-10-21(15-17)33-2)28(24)19-8-4-3-5-9-19/h3-16H,1-2H3,(H,25,30). The largest absolute Gasteiger partial charge is 0.497 e. The van der Waals surface area contributed by atoms with Crippen LogP contribution in [0.2, 0.25) is 0 Å². The zero-order valence-electron chi connectivity index (χ0n) is 18.4. The number of carbonyl (C=O) groups excluding carboxylic acids is 1. The minimum absolute atomic E-state index is 0.0403. The van der Waals surface area contributed by atoms with E-state index in [1.54, 1.807) is 14.0 Å². The highest BCUT2D eigenvalue weighted by atomic mass is 32.2. The van der Waals surface area contributed by atoms with Gasteiger partial charge in [0, 0.05) is 29.1 Å². The molecule has 0 aliphatic carbocycles. The number of para-hydroxylation sites is 1. The number of carbonyl (C=O) groups is 1. The normalized spacial score (nSPS) is 11.6. The summed E-state index contributed by atoms with van der Waals surface area (Å²) in [6.45, 7) is 1.76. The number of non-ortho nitro benzene ring substituents is 1. The molecule has 1 N–H and O–H groups in total. The highest BCUT2D eigenvalue weighted by molar-refractivity contribution is 8.00. The number of rotatable bonds is 8. The molecule has 0 fully saturated rings. The van der Waals surface area contributed by atoms with Crippen LogP contribution >= 0.6 is 11.8 Å². The Labute approximate surface area is 199 Å². The Morgan fingerprint density at radius 2 is 1.79 bits per heavy atom. The Hall–Kier alpha value is -4.18. The lowest BCUT2D eigenvalue weighted by atomic mass is 10.2. The molecular weight excluding hydrogens is 454 g/mol. The van der Waals surface area contributed by atoms with Crippen molar-refractivity contribution in [3.63, 3.8) is 0 Å². The van der Waals surface area contributed by atoms with E-state index in [1.807, 2.05) is 59.2 Å². The summed E-state index contributed by atoms with van der Waals surface area (Å²) in [5.74, 6) is 1.06. The van der Waals surface area contributed by atoms with Gasteiger partial charge in [0.15, 0.2) is 11.0 Å². The van der Waals surface area contributed by atoms with Crippen molar-refractivity contribution < 1.29 is 14.5 Å². The van der Waals surface area contributed by atoms with Crippen LogP contribution in [-0.2, 0) is 4.79 Å². The van der Waals surface area contributed by atoms with E-state index in [2.05, 4.69) is 15.5 Å². The highest BCUT2D eigenvalue weighted by Gasteiger charge is 2.22. The number of anilines is 1.